The van der Waals surface area contributed by atoms with Gasteiger partial charge in [0.1, 0.15) is 5.82 Å². The molecule has 1 saturated heterocycles. The molecule has 4 aromatic rings. The monoisotopic (exact) mass is 470 g/mol. The molecule has 2 aromatic carbocycles. The van der Waals surface area contributed by atoms with Crippen LogP contribution in [0.4, 0.5) is 10.1 Å². The lowest BCUT2D eigenvalue weighted by Crippen LogP contribution is -2.30. The van der Waals surface area contributed by atoms with Crippen LogP contribution in [0.25, 0.3) is 5.69 Å². The predicted octanol–water partition coefficient (Wildman–Crippen LogP) is 6.37. The maximum Gasteiger partial charge on any atom is 0.174 e. The van der Waals surface area contributed by atoms with Gasteiger partial charge in [-0.25, -0.2) is 4.39 Å². The van der Waals surface area contributed by atoms with Gasteiger partial charge in [0.2, 0.25) is 0 Å². The molecule has 2 aromatic heterocycles. The second-order valence-corrected chi connectivity index (χ2v) is 9.02. The highest BCUT2D eigenvalue weighted by Gasteiger charge is 2.43. The molecule has 0 spiro atoms. The molecule has 0 saturated carbocycles. The molecule has 0 unspecified atom stereocenters. The summed E-state index contributed by atoms with van der Waals surface area (Å²) in [6, 6.07) is 23.0. The third-order valence-corrected chi connectivity index (χ3v) is 6.92. The van der Waals surface area contributed by atoms with Crippen molar-refractivity contribution in [3.8, 4) is 5.69 Å². The first-order chi connectivity index (χ1) is 16.5. The van der Waals surface area contributed by atoms with Gasteiger partial charge in [-0.2, -0.15) is 0 Å². The van der Waals surface area contributed by atoms with Crippen molar-refractivity contribution < 1.29 is 4.39 Å². The van der Waals surface area contributed by atoms with Crippen molar-refractivity contribution in [3.63, 3.8) is 0 Å². The Kier molecular flexibility index (Phi) is 5.92. The number of aryl methyl sites for hydroxylation is 2. The Bertz CT molecular complexity index is 1330. The van der Waals surface area contributed by atoms with E-state index in [1.54, 1.807) is 18.3 Å². The van der Waals surface area contributed by atoms with Crippen molar-refractivity contribution in [2.24, 2.45) is 0 Å². The summed E-state index contributed by atoms with van der Waals surface area (Å²) in [6.07, 6.45) is 2.78. The zero-order chi connectivity index (χ0) is 23.8. The Morgan fingerprint density at radius 2 is 1.74 bits per heavy atom. The Labute approximate surface area is 205 Å². The van der Waals surface area contributed by atoms with Crippen molar-refractivity contribution >= 4 is 23.0 Å². The van der Waals surface area contributed by atoms with Gasteiger partial charge in [0, 0.05) is 23.3 Å². The number of rotatable bonds is 5. The van der Waals surface area contributed by atoms with Crippen LogP contribution in [0.2, 0.25) is 0 Å². The van der Waals surface area contributed by atoms with E-state index in [-0.39, 0.29) is 17.9 Å². The quantitative estimate of drug-likeness (QED) is 0.344. The normalized spacial score (nSPS) is 17.8. The maximum atomic E-state index is 15.0. The largest absolute Gasteiger partial charge is 0.351 e. The molecule has 172 valence electrons. The number of aromatic nitrogens is 2. The minimum Gasteiger partial charge on any atom is -0.351 e. The number of thiocarbonyl (C=S) groups is 1. The van der Waals surface area contributed by atoms with Crippen LogP contribution < -0.4 is 10.2 Å². The van der Waals surface area contributed by atoms with Crippen LogP contribution in [0, 0.1) is 19.7 Å². The number of anilines is 1. The molecule has 0 radical (unpaired) electrons. The predicted molar refractivity (Wildman–Crippen MR) is 139 cm³/mol. The lowest BCUT2D eigenvalue weighted by molar-refractivity contribution is 0.556. The third-order valence-electron chi connectivity index (χ3n) is 6.60. The van der Waals surface area contributed by atoms with Gasteiger partial charge in [-0.3, -0.25) is 4.98 Å². The van der Waals surface area contributed by atoms with Crippen LogP contribution in [0.5, 0.6) is 0 Å². The summed E-state index contributed by atoms with van der Waals surface area (Å²) in [5.74, 6) is -0.303. The van der Waals surface area contributed by atoms with Crippen molar-refractivity contribution in [1.29, 1.82) is 0 Å². The van der Waals surface area contributed by atoms with Crippen molar-refractivity contribution in [2.45, 2.75) is 39.3 Å². The molecule has 5 rings (SSSR count). The molecule has 1 aliphatic heterocycles. The Morgan fingerprint density at radius 1 is 1.00 bits per heavy atom. The highest BCUT2D eigenvalue weighted by atomic mass is 32.1. The fourth-order valence-electron chi connectivity index (χ4n) is 4.94. The molecule has 0 aliphatic carbocycles. The smallest absolute Gasteiger partial charge is 0.174 e. The number of para-hydroxylation sites is 1. The van der Waals surface area contributed by atoms with Gasteiger partial charge < -0.3 is 14.8 Å². The summed E-state index contributed by atoms with van der Waals surface area (Å²) in [6.45, 7) is 6.38. The molecule has 1 fully saturated rings. The van der Waals surface area contributed by atoms with E-state index in [1.165, 1.54) is 11.6 Å². The van der Waals surface area contributed by atoms with Gasteiger partial charge >= 0.3 is 0 Å². The number of pyridine rings is 1. The van der Waals surface area contributed by atoms with Crippen molar-refractivity contribution in [3.05, 3.63) is 113 Å². The summed E-state index contributed by atoms with van der Waals surface area (Å²) in [4.78, 5) is 6.51. The van der Waals surface area contributed by atoms with Crippen molar-refractivity contribution in [1.82, 2.24) is 14.9 Å². The average molecular weight is 471 g/mol. The Hall–Kier alpha value is -3.51. The van der Waals surface area contributed by atoms with Crippen LogP contribution in [-0.4, -0.2) is 14.7 Å². The summed E-state index contributed by atoms with van der Waals surface area (Å²) >= 11 is 5.75. The van der Waals surface area contributed by atoms with Crippen LogP contribution >= 0.6 is 12.2 Å². The van der Waals surface area contributed by atoms with Gasteiger partial charge in [-0.15, -0.1) is 0 Å². The second-order valence-electron chi connectivity index (χ2n) is 8.63. The first-order valence-electron chi connectivity index (χ1n) is 11.5. The first kappa shape index (κ1) is 22.3. The minimum absolute atomic E-state index is 0.218. The molecule has 1 aliphatic rings. The third kappa shape index (κ3) is 3.78. The summed E-state index contributed by atoms with van der Waals surface area (Å²) in [5.41, 5.74) is 7.04. The number of benzene rings is 2. The number of nitrogens with one attached hydrogen (secondary N) is 1. The van der Waals surface area contributed by atoms with Crippen LogP contribution in [-0.2, 0) is 6.42 Å². The van der Waals surface area contributed by atoms with Crippen molar-refractivity contribution in [2.75, 3.05) is 4.90 Å². The van der Waals surface area contributed by atoms with E-state index in [9.17, 15) is 0 Å². The highest BCUT2D eigenvalue weighted by Crippen LogP contribution is 2.44. The molecule has 6 heteroatoms. The molecule has 4 nitrogen and oxygen atoms in total. The first-order valence-corrected chi connectivity index (χ1v) is 11.9. The van der Waals surface area contributed by atoms with Crippen LogP contribution in [0.15, 0.2) is 79.0 Å². The average Bonchev–Trinajstić information content (AvgIpc) is 3.35. The highest BCUT2D eigenvalue weighted by molar-refractivity contribution is 7.80. The number of halogens is 1. The van der Waals surface area contributed by atoms with Gasteiger partial charge in [0.05, 0.1) is 23.5 Å². The Morgan fingerprint density at radius 3 is 2.41 bits per heavy atom. The van der Waals surface area contributed by atoms with Gasteiger partial charge in [-0.05, 0) is 86.1 Å². The van der Waals surface area contributed by atoms with E-state index in [1.807, 2.05) is 29.2 Å². The molecule has 3 heterocycles. The topological polar surface area (TPSA) is 33.1 Å². The molecule has 34 heavy (non-hydrogen) atoms. The molecular formula is C28H27FN4S. The standard InChI is InChI=1S/C28H27FN4S/c1-4-20-12-14-21(15-13-20)32-18(2)17-22(19(32)3)27-26(24-10-7-8-16-30-24)31-28(34)33(27)25-11-6-5-9-23(25)29/h5-17,26-27H,4H2,1-3H3,(H,31,34)/t26-,27-/m1/s1. The minimum atomic E-state index is -0.303. The Balaban J connectivity index is 1.67. The van der Waals surface area contributed by atoms with E-state index in [4.69, 9.17) is 12.2 Å². The zero-order valence-corrected chi connectivity index (χ0v) is 20.3. The van der Waals surface area contributed by atoms with E-state index >= 15 is 4.39 Å². The van der Waals surface area contributed by atoms with Crippen LogP contribution in [0.3, 0.4) is 0 Å². The maximum absolute atomic E-state index is 15.0. The molecule has 0 bridgehead atoms. The lowest BCUT2D eigenvalue weighted by Gasteiger charge is -2.28. The van der Waals surface area contributed by atoms with Gasteiger partial charge in [0.25, 0.3) is 0 Å². The number of nitrogens with zero attached hydrogens (tertiary/aromatic N) is 3. The molecule has 1 N–H and O–H groups in total. The van der Waals surface area contributed by atoms with Gasteiger partial charge in [0.15, 0.2) is 5.11 Å². The second kappa shape index (κ2) is 9.03. The zero-order valence-electron chi connectivity index (χ0n) is 19.5. The molecular weight excluding hydrogens is 443 g/mol. The number of hydrogen-bond acceptors (Lipinski definition) is 2. The molecule has 0 amide bonds. The fraction of sp³-hybridized carbons (Fsp3) is 0.214. The van der Waals surface area contributed by atoms with Gasteiger partial charge in [-0.1, -0.05) is 37.3 Å². The summed E-state index contributed by atoms with van der Waals surface area (Å²) in [7, 11) is 0. The lowest BCUT2D eigenvalue weighted by atomic mass is 9.96. The fourth-order valence-corrected chi connectivity index (χ4v) is 5.28. The molecule has 2 atom stereocenters. The number of hydrogen-bond donors (Lipinski definition) is 1. The summed E-state index contributed by atoms with van der Waals surface area (Å²) in [5, 5.41) is 3.91. The van der Waals surface area contributed by atoms with E-state index in [0.29, 0.717) is 10.8 Å². The van der Waals surface area contributed by atoms with E-state index < -0.39 is 0 Å². The van der Waals surface area contributed by atoms with Crippen LogP contribution in [0.1, 0.15) is 47.2 Å². The van der Waals surface area contributed by atoms with E-state index in [2.05, 4.69) is 66.0 Å². The van der Waals surface area contributed by atoms with E-state index in [0.717, 1.165) is 34.8 Å². The SMILES string of the molecule is CCc1ccc(-n2c(C)cc([C@@H]3[C@@H](c4ccccn4)NC(=S)N3c3ccccc3F)c2C)cc1. The summed E-state index contributed by atoms with van der Waals surface area (Å²) < 4.78 is 17.3.